The van der Waals surface area contributed by atoms with Crippen LogP contribution in [0.1, 0.15) is 40.2 Å². The van der Waals surface area contributed by atoms with Crippen molar-refractivity contribution in [1.82, 2.24) is 10.0 Å². The number of rotatable bonds is 7. The van der Waals surface area contributed by atoms with Gasteiger partial charge in [0.25, 0.3) is 0 Å². The summed E-state index contributed by atoms with van der Waals surface area (Å²) in [6.45, 7) is 12.2. The van der Waals surface area contributed by atoms with Gasteiger partial charge < -0.3 is 5.32 Å². The van der Waals surface area contributed by atoms with Crippen LogP contribution < -0.4 is 10.0 Å². The third-order valence-electron chi connectivity index (χ3n) is 3.89. The summed E-state index contributed by atoms with van der Waals surface area (Å²) in [5, 5.41) is 3.17. The fourth-order valence-electron chi connectivity index (χ4n) is 1.79. The molecular formula is C16H28N2O2S. The molecule has 5 heteroatoms. The van der Waals surface area contributed by atoms with Gasteiger partial charge in [0.1, 0.15) is 0 Å². The molecule has 120 valence electrons. The zero-order valence-electron chi connectivity index (χ0n) is 13.7. The standard InChI is InChI=1S/C16H28N2O2S/c1-6-17-12-14-9-7-8-10-15(14)21(19,20)18-11-13(2)16(3,4)5/h7-10,13,17-18H,6,11-12H2,1-5H3. The van der Waals surface area contributed by atoms with Gasteiger partial charge in [-0.25, -0.2) is 13.1 Å². The molecule has 0 saturated carbocycles. The highest BCUT2D eigenvalue weighted by Crippen LogP contribution is 2.25. The molecule has 0 aliphatic heterocycles. The van der Waals surface area contributed by atoms with Gasteiger partial charge in [0.2, 0.25) is 10.0 Å². The average Bonchev–Trinajstić information content (AvgIpc) is 2.41. The van der Waals surface area contributed by atoms with Crippen molar-refractivity contribution >= 4 is 10.0 Å². The fraction of sp³-hybridized carbons (Fsp3) is 0.625. The summed E-state index contributed by atoms with van der Waals surface area (Å²) in [6, 6.07) is 7.14. The molecule has 21 heavy (non-hydrogen) atoms. The van der Waals surface area contributed by atoms with E-state index in [9.17, 15) is 8.42 Å². The lowest BCUT2D eigenvalue weighted by molar-refractivity contribution is 0.263. The molecule has 1 aromatic rings. The second kappa shape index (κ2) is 7.38. The molecule has 0 bridgehead atoms. The SMILES string of the molecule is CCNCc1ccccc1S(=O)(=O)NCC(C)C(C)(C)C. The van der Waals surface area contributed by atoms with Crippen LogP contribution >= 0.6 is 0 Å². The number of hydrogen-bond acceptors (Lipinski definition) is 3. The maximum Gasteiger partial charge on any atom is 0.240 e. The highest BCUT2D eigenvalue weighted by Gasteiger charge is 2.23. The van der Waals surface area contributed by atoms with Crippen molar-refractivity contribution in [1.29, 1.82) is 0 Å². The van der Waals surface area contributed by atoms with Crippen molar-refractivity contribution < 1.29 is 8.42 Å². The summed E-state index contributed by atoms with van der Waals surface area (Å²) >= 11 is 0. The highest BCUT2D eigenvalue weighted by atomic mass is 32.2. The molecule has 0 aliphatic carbocycles. The molecule has 0 heterocycles. The summed E-state index contributed by atoms with van der Waals surface area (Å²) in [4.78, 5) is 0.368. The van der Waals surface area contributed by atoms with Crippen molar-refractivity contribution in [2.75, 3.05) is 13.1 Å². The van der Waals surface area contributed by atoms with Crippen LogP contribution in [-0.2, 0) is 16.6 Å². The van der Waals surface area contributed by atoms with E-state index in [0.29, 0.717) is 18.0 Å². The van der Waals surface area contributed by atoms with E-state index in [1.54, 1.807) is 12.1 Å². The second-order valence-corrected chi connectivity index (χ2v) is 8.24. The maximum absolute atomic E-state index is 12.5. The zero-order chi connectivity index (χ0) is 16.1. The van der Waals surface area contributed by atoms with Crippen molar-refractivity contribution in [2.24, 2.45) is 11.3 Å². The van der Waals surface area contributed by atoms with Crippen molar-refractivity contribution in [2.45, 2.75) is 46.1 Å². The van der Waals surface area contributed by atoms with Crippen LogP contribution in [0.2, 0.25) is 0 Å². The molecule has 0 spiro atoms. The Kier molecular flexibility index (Phi) is 6.38. The Labute approximate surface area is 129 Å². The Bertz CT molecular complexity index is 548. The second-order valence-electron chi connectivity index (χ2n) is 6.51. The van der Waals surface area contributed by atoms with Crippen molar-refractivity contribution in [3.05, 3.63) is 29.8 Å². The van der Waals surface area contributed by atoms with Crippen LogP contribution in [0.5, 0.6) is 0 Å². The minimum absolute atomic E-state index is 0.0752. The fourth-order valence-corrected chi connectivity index (χ4v) is 3.16. The largest absolute Gasteiger partial charge is 0.313 e. The topological polar surface area (TPSA) is 58.2 Å². The van der Waals surface area contributed by atoms with Gasteiger partial charge in [-0.2, -0.15) is 0 Å². The summed E-state index contributed by atoms with van der Waals surface area (Å²) in [5.41, 5.74) is 0.876. The van der Waals surface area contributed by atoms with Gasteiger partial charge >= 0.3 is 0 Å². The quantitative estimate of drug-likeness (QED) is 0.814. The normalized spacial score (nSPS) is 14.1. The van der Waals surface area contributed by atoms with E-state index in [0.717, 1.165) is 12.1 Å². The summed E-state index contributed by atoms with van der Waals surface area (Å²) in [7, 11) is -3.47. The molecule has 1 unspecified atom stereocenters. The minimum atomic E-state index is -3.47. The molecule has 1 aromatic carbocycles. The van der Waals surface area contributed by atoms with Crippen LogP contribution in [0.25, 0.3) is 0 Å². The summed E-state index contributed by atoms with van der Waals surface area (Å²) < 4.78 is 27.8. The van der Waals surface area contributed by atoms with Gasteiger partial charge in [0.15, 0.2) is 0 Å². The van der Waals surface area contributed by atoms with E-state index in [-0.39, 0.29) is 11.3 Å². The molecule has 4 nitrogen and oxygen atoms in total. The zero-order valence-corrected chi connectivity index (χ0v) is 14.5. The Morgan fingerprint density at radius 3 is 2.38 bits per heavy atom. The molecule has 0 saturated heterocycles. The summed E-state index contributed by atoms with van der Waals surface area (Å²) in [6.07, 6.45) is 0. The molecule has 0 fully saturated rings. The van der Waals surface area contributed by atoms with Crippen LogP contribution in [0.4, 0.5) is 0 Å². The van der Waals surface area contributed by atoms with E-state index in [1.165, 1.54) is 0 Å². The average molecular weight is 312 g/mol. The predicted octanol–water partition coefficient (Wildman–Crippen LogP) is 2.76. The molecule has 0 amide bonds. The smallest absolute Gasteiger partial charge is 0.240 e. The van der Waals surface area contributed by atoms with E-state index < -0.39 is 10.0 Å². The predicted molar refractivity (Wildman–Crippen MR) is 87.6 cm³/mol. The van der Waals surface area contributed by atoms with E-state index in [1.807, 2.05) is 19.1 Å². The Morgan fingerprint density at radius 1 is 1.19 bits per heavy atom. The Morgan fingerprint density at radius 2 is 1.81 bits per heavy atom. The van der Waals surface area contributed by atoms with Crippen LogP contribution in [0, 0.1) is 11.3 Å². The molecule has 1 rings (SSSR count). The first-order valence-corrected chi connectivity index (χ1v) is 8.95. The first kappa shape index (κ1) is 18.1. The van der Waals surface area contributed by atoms with Crippen LogP contribution in [0.15, 0.2) is 29.2 Å². The monoisotopic (exact) mass is 312 g/mol. The Balaban J connectivity index is 2.88. The first-order valence-electron chi connectivity index (χ1n) is 7.46. The van der Waals surface area contributed by atoms with Crippen molar-refractivity contribution in [3.63, 3.8) is 0 Å². The molecule has 1 atom stereocenters. The number of benzene rings is 1. The molecule has 0 radical (unpaired) electrons. The first-order chi connectivity index (χ1) is 9.68. The highest BCUT2D eigenvalue weighted by molar-refractivity contribution is 7.89. The van der Waals surface area contributed by atoms with E-state index >= 15 is 0 Å². The van der Waals surface area contributed by atoms with Crippen LogP contribution in [0.3, 0.4) is 0 Å². The maximum atomic E-state index is 12.5. The number of nitrogens with one attached hydrogen (secondary N) is 2. The molecule has 0 aliphatic rings. The van der Waals surface area contributed by atoms with Crippen molar-refractivity contribution in [3.8, 4) is 0 Å². The lowest BCUT2D eigenvalue weighted by atomic mass is 9.82. The molecule has 0 aromatic heterocycles. The minimum Gasteiger partial charge on any atom is -0.313 e. The molecule has 2 N–H and O–H groups in total. The van der Waals surface area contributed by atoms with Gasteiger partial charge in [0.05, 0.1) is 4.90 Å². The lowest BCUT2D eigenvalue weighted by Crippen LogP contribution is -2.34. The number of hydrogen-bond donors (Lipinski definition) is 2. The summed E-state index contributed by atoms with van der Waals surface area (Å²) in [5.74, 6) is 0.258. The Hall–Kier alpha value is -0.910. The lowest BCUT2D eigenvalue weighted by Gasteiger charge is -2.27. The van der Waals surface area contributed by atoms with E-state index in [2.05, 4.69) is 37.7 Å². The van der Waals surface area contributed by atoms with Gasteiger partial charge in [-0.3, -0.25) is 0 Å². The third-order valence-corrected chi connectivity index (χ3v) is 5.41. The number of sulfonamides is 1. The third kappa shape index (κ3) is 5.41. The van der Waals surface area contributed by atoms with Gasteiger partial charge in [-0.1, -0.05) is 52.8 Å². The van der Waals surface area contributed by atoms with Gasteiger partial charge in [-0.15, -0.1) is 0 Å². The van der Waals surface area contributed by atoms with Gasteiger partial charge in [0, 0.05) is 13.1 Å². The van der Waals surface area contributed by atoms with E-state index in [4.69, 9.17) is 0 Å². The molecular weight excluding hydrogens is 284 g/mol. The van der Waals surface area contributed by atoms with Crippen LogP contribution in [-0.4, -0.2) is 21.5 Å². The van der Waals surface area contributed by atoms with Gasteiger partial charge in [-0.05, 0) is 29.5 Å².